The second-order valence-corrected chi connectivity index (χ2v) is 5.74. The van der Waals surface area contributed by atoms with E-state index in [-0.39, 0.29) is 11.4 Å². The van der Waals surface area contributed by atoms with Crippen molar-refractivity contribution in [2.24, 2.45) is 0 Å². The first-order chi connectivity index (χ1) is 8.78. The molecule has 1 fully saturated rings. The number of carbonyl (C=O) groups is 1. The molecule has 0 aromatic heterocycles. The quantitative estimate of drug-likeness (QED) is 0.856. The number of nitrogens with one attached hydrogen (secondary N) is 2. The summed E-state index contributed by atoms with van der Waals surface area (Å²) in [5, 5.41) is 6.43. The van der Waals surface area contributed by atoms with Crippen molar-refractivity contribution >= 4 is 17.7 Å². The zero-order chi connectivity index (χ0) is 12.8. The van der Waals surface area contributed by atoms with Gasteiger partial charge in [0, 0.05) is 18.2 Å². The molecule has 1 amide bonds. The van der Waals surface area contributed by atoms with E-state index in [1.165, 1.54) is 5.56 Å². The van der Waals surface area contributed by atoms with Gasteiger partial charge in [0.1, 0.15) is 5.50 Å². The van der Waals surface area contributed by atoms with Gasteiger partial charge in [-0.3, -0.25) is 10.1 Å². The van der Waals surface area contributed by atoms with E-state index in [9.17, 15) is 4.79 Å². The van der Waals surface area contributed by atoms with Crippen LogP contribution in [0.1, 0.15) is 25.3 Å². The maximum atomic E-state index is 11.5. The Balaban J connectivity index is 1.74. The smallest absolute Gasteiger partial charge is 0.223 e. The number of hydrogen-bond acceptors (Lipinski definition) is 3. The highest BCUT2D eigenvalue weighted by atomic mass is 32.2. The molecule has 1 saturated heterocycles. The Morgan fingerprint density at radius 3 is 2.83 bits per heavy atom. The highest BCUT2D eigenvalue weighted by molar-refractivity contribution is 7.99. The summed E-state index contributed by atoms with van der Waals surface area (Å²) in [4.78, 5) is 11.5. The van der Waals surface area contributed by atoms with Crippen LogP contribution in [-0.4, -0.2) is 23.2 Å². The minimum Gasteiger partial charge on any atom is -0.332 e. The van der Waals surface area contributed by atoms with Crippen molar-refractivity contribution in [1.29, 1.82) is 0 Å². The molecule has 0 spiro atoms. The lowest BCUT2D eigenvalue weighted by molar-refractivity contribution is -0.123. The van der Waals surface area contributed by atoms with Gasteiger partial charge in [-0.05, 0) is 18.4 Å². The number of rotatable bonds is 5. The molecule has 0 bridgehead atoms. The fourth-order valence-corrected chi connectivity index (χ4v) is 3.13. The molecule has 2 atom stereocenters. The maximum absolute atomic E-state index is 11.5. The Labute approximate surface area is 113 Å². The van der Waals surface area contributed by atoms with E-state index in [1.54, 1.807) is 11.8 Å². The van der Waals surface area contributed by atoms with E-state index in [0.717, 1.165) is 18.6 Å². The summed E-state index contributed by atoms with van der Waals surface area (Å²) in [7, 11) is 0. The molecule has 1 aliphatic rings. The van der Waals surface area contributed by atoms with Gasteiger partial charge in [0.2, 0.25) is 5.91 Å². The number of amides is 1. The molecule has 2 N–H and O–H groups in total. The third-order valence-corrected chi connectivity index (χ3v) is 4.15. The van der Waals surface area contributed by atoms with Crippen molar-refractivity contribution in [3.05, 3.63) is 35.9 Å². The van der Waals surface area contributed by atoms with E-state index in [0.29, 0.717) is 12.5 Å². The fraction of sp³-hybridized carbons (Fsp3) is 0.500. The van der Waals surface area contributed by atoms with Crippen LogP contribution in [-0.2, 0) is 11.2 Å². The molecule has 0 aliphatic carbocycles. The molecule has 0 saturated carbocycles. The summed E-state index contributed by atoms with van der Waals surface area (Å²) in [6, 6.07) is 10.8. The second-order valence-electron chi connectivity index (χ2n) is 4.53. The van der Waals surface area contributed by atoms with E-state index in [1.807, 2.05) is 6.07 Å². The van der Waals surface area contributed by atoms with E-state index in [2.05, 4.69) is 41.8 Å². The Bertz CT molecular complexity index is 383. The zero-order valence-corrected chi connectivity index (χ0v) is 11.5. The lowest BCUT2D eigenvalue weighted by atomic mass is 10.1. The van der Waals surface area contributed by atoms with Crippen LogP contribution in [0.5, 0.6) is 0 Å². The first-order valence-electron chi connectivity index (χ1n) is 6.49. The summed E-state index contributed by atoms with van der Waals surface area (Å²) >= 11 is 1.77. The van der Waals surface area contributed by atoms with Crippen LogP contribution >= 0.6 is 11.8 Å². The average Bonchev–Trinajstić information content (AvgIpc) is 2.39. The molecular formula is C14H20N2OS. The van der Waals surface area contributed by atoms with Crippen molar-refractivity contribution in [1.82, 2.24) is 10.6 Å². The SMILES string of the molecule is CCC1CC(=O)NC(SCCc2ccccc2)N1. The zero-order valence-electron chi connectivity index (χ0n) is 10.7. The molecule has 1 heterocycles. The van der Waals surface area contributed by atoms with E-state index >= 15 is 0 Å². The van der Waals surface area contributed by atoms with Gasteiger partial charge in [0.25, 0.3) is 0 Å². The summed E-state index contributed by atoms with van der Waals surface area (Å²) < 4.78 is 0. The Morgan fingerprint density at radius 2 is 2.11 bits per heavy atom. The van der Waals surface area contributed by atoms with Gasteiger partial charge in [-0.2, -0.15) is 0 Å². The number of aryl methyl sites for hydroxylation is 1. The van der Waals surface area contributed by atoms with Gasteiger partial charge >= 0.3 is 0 Å². The first-order valence-corrected chi connectivity index (χ1v) is 7.53. The van der Waals surface area contributed by atoms with E-state index < -0.39 is 0 Å². The molecule has 0 radical (unpaired) electrons. The summed E-state index contributed by atoms with van der Waals surface area (Å²) in [6.07, 6.45) is 2.64. The average molecular weight is 264 g/mol. The number of carbonyl (C=O) groups excluding carboxylic acids is 1. The van der Waals surface area contributed by atoms with Gasteiger partial charge in [-0.15, -0.1) is 11.8 Å². The predicted octanol–water partition coefficient (Wildman–Crippen LogP) is 2.13. The van der Waals surface area contributed by atoms with Crippen LogP contribution in [0, 0.1) is 0 Å². The fourth-order valence-electron chi connectivity index (χ4n) is 2.03. The highest BCUT2D eigenvalue weighted by Gasteiger charge is 2.24. The van der Waals surface area contributed by atoms with Gasteiger partial charge in [0.05, 0.1) is 0 Å². The Morgan fingerprint density at radius 1 is 1.33 bits per heavy atom. The molecular weight excluding hydrogens is 244 g/mol. The lowest BCUT2D eigenvalue weighted by Gasteiger charge is -2.30. The summed E-state index contributed by atoms with van der Waals surface area (Å²) in [5.74, 6) is 1.18. The monoisotopic (exact) mass is 264 g/mol. The highest BCUT2D eigenvalue weighted by Crippen LogP contribution is 2.15. The Kier molecular flexibility index (Phi) is 5.08. The van der Waals surface area contributed by atoms with Gasteiger partial charge in [0.15, 0.2) is 0 Å². The number of thioether (sulfide) groups is 1. The molecule has 1 aromatic carbocycles. The third kappa shape index (κ3) is 4.03. The van der Waals surface area contributed by atoms with Crippen LogP contribution in [0.2, 0.25) is 0 Å². The second kappa shape index (κ2) is 6.81. The van der Waals surface area contributed by atoms with Crippen LogP contribution < -0.4 is 10.6 Å². The molecule has 98 valence electrons. The van der Waals surface area contributed by atoms with Crippen molar-refractivity contribution in [3.8, 4) is 0 Å². The molecule has 4 heteroatoms. The number of benzene rings is 1. The van der Waals surface area contributed by atoms with Crippen molar-refractivity contribution in [3.63, 3.8) is 0 Å². The molecule has 2 unspecified atom stereocenters. The molecule has 1 aromatic rings. The minimum absolute atomic E-state index is 0.0694. The predicted molar refractivity (Wildman–Crippen MR) is 76.4 cm³/mol. The van der Waals surface area contributed by atoms with E-state index in [4.69, 9.17) is 0 Å². The van der Waals surface area contributed by atoms with Crippen molar-refractivity contribution < 1.29 is 4.79 Å². The van der Waals surface area contributed by atoms with Crippen LogP contribution in [0.25, 0.3) is 0 Å². The minimum atomic E-state index is 0.0694. The summed E-state index contributed by atoms with van der Waals surface area (Å²) in [6.45, 7) is 2.11. The van der Waals surface area contributed by atoms with Gasteiger partial charge in [-0.25, -0.2) is 0 Å². The summed E-state index contributed by atoms with van der Waals surface area (Å²) in [5.41, 5.74) is 1.42. The lowest BCUT2D eigenvalue weighted by Crippen LogP contribution is -2.54. The first kappa shape index (κ1) is 13.4. The standard InChI is InChI=1S/C14H20N2OS/c1-2-12-10-13(17)16-14(15-12)18-9-8-11-6-4-3-5-7-11/h3-7,12,14-15H,2,8-10H2,1H3,(H,16,17). The van der Waals surface area contributed by atoms with Crippen molar-refractivity contribution in [2.45, 2.75) is 37.7 Å². The maximum Gasteiger partial charge on any atom is 0.223 e. The van der Waals surface area contributed by atoms with Crippen LogP contribution in [0.3, 0.4) is 0 Å². The van der Waals surface area contributed by atoms with Crippen molar-refractivity contribution in [2.75, 3.05) is 5.75 Å². The molecule has 1 aliphatic heterocycles. The van der Waals surface area contributed by atoms with Crippen LogP contribution in [0.15, 0.2) is 30.3 Å². The van der Waals surface area contributed by atoms with Gasteiger partial charge in [-0.1, -0.05) is 37.3 Å². The van der Waals surface area contributed by atoms with Crippen LogP contribution in [0.4, 0.5) is 0 Å². The molecule has 2 rings (SSSR count). The van der Waals surface area contributed by atoms with Gasteiger partial charge < -0.3 is 5.32 Å². The topological polar surface area (TPSA) is 41.1 Å². The molecule has 3 nitrogen and oxygen atoms in total. The normalized spacial score (nSPS) is 23.7. The molecule has 18 heavy (non-hydrogen) atoms. The largest absolute Gasteiger partial charge is 0.332 e. The number of hydrogen-bond donors (Lipinski definition) is 2. The Hall–Kier alpha value is -1.00. The third-order valence-electron chi connectivity index (χ3n) is 3.12.